The van der Waals surface area contributed by atoms with E-state index < -0.39 is 5.54 Å². The van der Waals surface area contributed by atoms with Gasteiger partial charge in [-0.2, -0.15) is 0 Å². The molecule has 4 heteroatoms. The molecule has 1 unspecified atom stereocenters. The summed E-state index contributed by atoms with van der Waals surface area (Å²) in [5.41, 5.74) is 0.216. The summed E-state index contributed by atoms with van der Waals surface area (Å²) in [5, 5.41) is 3.23. The van der Waals surface area contributed by atoms with E-state index in [0.717, 1.165) is 10.2 Å². The molecule has 0 heterocycles. The maximum atomic E-state index is 11.9. The predicted octanol–water partition coefficient (Wildman–Crippen LogP) is 3.59. The van der Waals surface area contributed by atoms with Crippen molar-refractivity contribution < 1.29 is 9.53 Å². The van der Waals surface area contributed by atoms with Gasteiger partial charge in [-0.15, -0.1) is 0 Å². The number of hydrogen-bond acceptors (Lipinski definition) is 3. The van der Waals surface area contributed by atoms with Crippen LogP contribution >= 0.6 is 15.9 Å². The van der Waals surface area contributed by atoms with Crippen molar-refractivity contribution in [3.8, 4) is 0 Å². The fourth-order valence-corrected chi connectivity index (χ4v) is 1.86. The van der Waals surface area contributed by atoms with E-state index in [1.807, 2.05) is 45.0 Å². The van der Waals surface area contributed by atoms with E-state index in [4.69, 9.17) is 4.74 Å². The number of nitrogens with one attached hydrogen (secondary N) is 1. The Morgan fingerprint density at radius 1 is 1.47 bits per heavy atom. The number of ether oxygens (including phenoxy) is 1. The Morgan fingerprint density at radius 3 is 2.71 bits per heavy atom. The van der Waals surface area contributed by atoms with Crippen LogP contribution in [0.4, 0.5) is 5.69 Å². The number of hydrogen-bond donors (Lipinski definition) is 1. The number of esters is 1. The van der Waals surface area contributed by atoms with E-state index in [0.29, 0.717) is 13.0 Å². The zero-order chi connectivity index (χ0) is 12.9. The second kappa shape index (κ2) is 6.05. The second-order valence-electron chi connectivity index (χ2n) is 4.04. The molecule has 0 aromatic heterocycles. The molecule has 0 aliphatic rings. The Labute approximate surface area is 111 Å². The van der Waals surface area contributed by atoms with E-state index in [2.05, 4.69) is 21.2 Å². The van der Waals surface area contributed by atoms with Gasteiger partial charge in [-0.1, -0.05) is 28.9 Å². The minimum atomic E-state index is -0.684. The quantitative estimate of drug-likeness (QED) is 0.845. The Morgan fingerprint density at radius 2 is 2.18 bits per heavy atom. The van der Waals surface area contributed by atoms with Gasteiger partial charge in [-0.3, -0.25) is 0 Å². The zero-order valence-electron chi connectivity index (χ0n) is 10.4. The maximum Gasteiger partial charge on any atom is 0.331 e. The number of anilines is 1. The minimum absolute atomic E-state index is 0.220. The highest BCUT2D eigenvalue weighted by atomic mass is 79.9. The standard InChI is InChI=1S/C13H18BrNO2/c1-4-13(3,12(16)17-5-2)15-11-8-6-7-10(14)9-11/h6-9,15H,4-5H2,1-3H3. The van der Waals surface area contributed by atoms with Gasteiger partial charge in [0.2, 0.25) is 0 Å². The predicted molar refractivity (Wildman–Crippen MR) is 73.1 cm³/mol. The molecule has 0 radical (unpaired) electrons. The van der Waals surface area contributed by atoms with Gasteiger partial charge in [0.25, 0.3) is 0 Å². The highest BCUT2D eigenvalue weighted by Gasteiger charge is 2.32. The summed E-state index contributed by atoms with van der Waals surface area (Å²) in [4.78, 5) is 11.9. The van der Waals surface area contributed by atoms with Crippen molar-refractivity contribution in [2.24, 2.45) is 0 Å². The third kappa shape index (κ3) is 3.73. The van der Waals surface area contributed by atoms with E-state index in [1.54, 1.807) is 0 Å². The lowest BCUT2D eigenvalue weighted by molar-refractivity contribution is -0.148. The number of halogens is 1. The molecule has 0 bridgehead atoms. The molecule has 0 saturated carbocycles. The maximum absolute atomic E-state index is 11.9. The van der Waals surface area contributed by atoms with Crippen LogP contribution in [0.1, 0.15) is 27.2 Å². The fraction of sp³-hybridized carbons (Fsp3) is 0.462. The summed E-state index contributed by atoms with van der Waals surface area (Å²) in [7, 11) is 0. The molecule has 1 atom stereocenters. The molecule has 0 saturated heterocycles. The number of benzene rings is 1. The topological polar surface area (TPSA) is 38.3 Å². The van der Waals surface area contributed by atoms with Crippen molar-refractivity contribution >= 4 is 27.6 Å². The van der Waals surface area contributed by atoms with E-state index in [1.165, 1.54) is 0 Å². The Kier molecular flexibility index (Phi) is 5.00. The minimum Gasteiger partial charge on any atom is -0.464 e. The lowest BCUT2D eigenvalue weighted by Gasteiger charge is -2.28. The van der Waals surface area contributed by atoms with Crippen LogP contribution < -0.4 is 5.32 Å². The third-order valence-corrected chi connectivity index (χ3v) is 3.17. The lowest BCUT2D eigenvalue weighted by atomic mass is 9.98. The molecule has 1 N–H and O–H groups in total. The summed E-state index contributed by atoms with van der Waals surface area (Å²) in [6.45, 7) is 6.02. The zero-order valence-corrected chi connectivity index (χ0v) is 12.0. The first kappa shape index (κ1) is 14.0. The molecule has 1 aromatic rings. The van der Waals surface area contributed by atoms with Gasteiger partial charge < -0.3 is 10.1 Å². The molecule has 17 heavy (non-hydrogen) atoms. The smallest absolute Gasteiger partial charge is 0.331 e. The van der Waals surface area contributed by atoms with Crippen molar-refractivity contribution in [2.45, 2.75) is 32.7 Å². The van der Waals surface area contributed by atoms with Crippen LogP contribution in [0.3, 0.4) is 0 Å². The molecule has 0 aliphatic carbocycles. The highest BCUT2D eigenvalue weighted by molar-refractivity contribution is 9.10. The molecule has 0 spiro atoms. The van der Waals surface area contributed by atoms with Crippen LogP contribution in [-0.4, -0.2) is 18.1 Å². The lowest BCUT2D eigenvalue weighted by Crippen LogP contribution is -2.44. The molecule has 0 aliphatic heterocycles. The van der Waals surface area contributed by atoms with Crippen LogP contribution in [0, 0.1) is 0 Å². The largest absolute Gasteiger partial charge is 0.464 e. The molecule has 1 aromatic carbocycles. The third-order valence-electron chi connectivity index (χ3n) is 2.68. The van der Waals surface area contributed by atoms with Crippen molar-refractivity contribution in [3.05, 3.63) is 28.7 Å². The highest BCUT2D eigenvalue weighted by Crippen LogP contribution is 2.22. The summed E-state index contributed by atoms with van der Waals surface area (Å²) < 4.78 is 6.06. The van der Waals surface area contributed by atoms with Gasteiger partial charge in [0, 0.05) is 10.2 Å². The fourth-order valence-electron chi connectivity index (χ4n) is 1.46. The SMILES string of the molecule is CCOC(=O)C(C)(CC)Nc1cccc(Br)c1. The van der Waals surface area contributed by atoms with Crippen molar-refractivity contribution in [2.75, 3.05) is 11.9 Å². The van der Waals surface area contributed by atoms with Gasteiger partial charge in [0.05, 0.1) is 6.61 Å². The summed E-state index contributed by atoms with van der Waals surface area (Å²) in [6, 6.07) is 7.73. The van der Waals surface area contributed by atoms with Gasteiger partial charge >= 0.3 is 5.97 Å². The Hall–Kier alpha value is -1.03. The number of carbonyl (C=O) groups is 1. The second-order valence-corrected chi connectivity index (χ2v) is 4.96. The first-order valence-electron chi connectivity index (χ1n) is 5.73. The molecule has 1 rings (SSSR count). The molecular weight excluding hydrogens is 282 g/mol. The van der Waals surface area contributed by atoms with Crippen LogP contribution in [0.2, 0.25) is 0 Å². The molecule has 3 nitrogen and oxygen atoms in total. The van der Waals surface area contributed by atoms with Crippen LogP contribution in [0.5, 0.6) is 0 Å². The van der Waals surface area contributed by atoms with E-state index in [9.17, 15) is 4.79 Å². The average molecular weight is 300 g/mol. The van der Waals surface area contributed by atoms with E-state index in [-0.39, 0.29) is 5.97 Å². The van der Waals surface area contributed by atoms with Crippen molar-refractivity contribution in [3.63, 3.8) is 0 Å². The molecule has 94 valence electrons. The first-order valence-corrected chi connectivity index (χ1v) is 6.52. The van der Waals surface area contributed by atoms with Gasteiger partial charge in [-0.25, -0.2) is 4.79 Å². The van der Waals surface area contributed by atoms with Gasteiger partial charge in [0.1, 0.15) is 5.54 Å². The molecule has 0 amide bonds. The normalized spacial score (nSPS) is 13.9. The average Bonchev–Trinajstić information content (AvgIpc) is 2.29. The van der Waals surface area contributed by atoms with Crippen molar-refractivity contribution in [1.29, 1.82) is 0 Å². The molecule has 0 fully saturated rings. The number of carbonyl (C=O) groups excluding carboxylic acids is 1. The molecular formula is C13H18BrNO2. The van der Waals surface area contributed by atoms with Crippen LogP contribution in [0.15, 0.2) is 28.7 Å². The number of rotatable bonds is 5. The summed E-state index contributed by atoms with van der Waals surface area (Å²) in [6.07, 6.45) is 0.665. The van der Waals surface area contributed by atoms with Crippen LogP contribution in [-0.2, 0) is 9.53 Å². The summed E-state index contributed by atoms with van der Waals surface area (Å²) in [5.74, 6) is -0.220. The van der Waals surface area contributed by atoms with Crippen molar-refractivity contribution in [1.82, 2.24) is 0 Å². The van der Waals surface area contributed by atoms with Gasteiger partial charge in [-0.05, 0) is 38.5 Å². The Balaban J connectivity index is 2.85. The van der Waals surface area contributed by atoms with E-state index >= 15 is 0 Å². The van der Waals surface area contributed by atoms with Crippen LogP contribution in [0.25, 0.3) is 0 Å². The first-order chi connectivity index (χ1) is 8.01. The summed E-state index contributed by atoms with van der Waals surface area (Å²) >= 11 is 3.40. The monoisotopic (exact) mass is 299 g/mol. The van der Waals surface area contributed by atoms with Gasteiger partial charge in [0.15, 0.2) is 0 Å². The Bertz CT molecular complexity index is 395.